The molecule has 0 aliphatic carbocycles. The number of rotatable bonds is 2. The number of nitrogens with one attached hydrogen (secondary N) is 1. The summed E-state index contributed by atoms with van der Waals surface area (Å²) >= 11 is 1.42. The number of benzene rings is 1. The molecule has 22 heavy (non-hydrogen) atoms. The topological polar surface area (TPSA) is 95.9 Å². The van der Waals surface area contributed by atoms with Crippen molar-refractivity contribution in [2.24, 2.45) is 0 Å². The zero-order chi connectivity index (χ0) is 15.7. The van der Waals surface area contributed by atoms with Gasteiger partial charge in [0.1, 0.15) is 0 Å². The Kier molecular flexibility index (Phi) is 4.04. The van der Waals surface area contributed by atoms with Gasteiger partial charge in [0.2, 0.25) is 5.91 Å². The largest absolute Gasteiger partial charge is 0.479 e. The van der Waals surface area contributed by atoms with Crippen LogP contribution in [0.3, 0.4) is 0 Å². The first-order valence-electron chi connectivity index (χ1n) is 6.75. The number of aliphatic carboxylic acids is 1. The minimum absolute atomic E-state index is 0.0202. The molecule has 1 aromatic carbocycles. The monoisotopic (exact) mass is 322 g/mol. The number of carboxylic acid groups (broad SMARTS) is 1. The van der Waals surface area contributed by atoms with Crippen LogP contribution >= 0.6 is 11.8 Å². The number of anilines is 1. The van der Waals surface area contributed by atoms with Crippen molar-refractivity contribution in [3.63, 3.8) is 0 Å². The molecule has 1 atom stereocenters. The molecular formula is C14H14N2O5S. The molecule has 0 bridgehead atoms. The van der Waals surface area contributed by atoms with Gasteiger partial charge in [0, 0.05) is 17.0 Å². The number of morpholine rings is 1. The van der Waals surface area contributed by atoms with Crippen molar-refractivity contribution in [3.05, 3.63) is 23.8 Å². The van der Waals surface area contributed by atoms with Crippen molar-refractivity contribution in [3.8, 4) is 0 Å². The van der Waals surface area contributed by atoms with Crippen LogP contribution in [0.15, 0.2) is 23.1 Å². The molecule has 3 rings (SSSR count). The zero-order valence-electron chi connectivity index (χ0n) is 11.6. The predicted molar refractivity (Wildman–Crippen MR) is 79.1 cm³/mol. The smallest absolute Gasteiger partial charge is 0.334 e. The third kappa shape index (κ3) is 2.93. The summed E-state index contributed by atoms with van der Waals surface area (Å²) in [7, 11) is 0. The maximum Gasteiger partial charge on any atom is 0.334 e. The van der Waals surface area contributed by atoms with E-state index in [1.807, 2.05) is 0 Å². The molecule has 2 aliphatic heterocycles. The van der Waals surface area contributed by atoms with E-state index < -0.39 is 12.1 Å². The number of nitrogens with zero attached hydrogens (tertiary/aromatic N) is 1. The van der Waals surface area contributed by atoms with Crippen LogP contribution in [0.5, 0.6) is 0 Å². The minimum Gasteiger partial charge on any atom is -0.479 e. The molecule has 1 unspecified atom stereocenters. The van der Waals surface area contributed by atoms with Crippen LogP contribution in [-0.4, -0.2) is 59.3 Å². The Hall–Kier alpha value is -2.06. The number of hydrogen-bond donors (Lipinski definition) is 2. The Balaban J connectivity index is 1.79. The van der Waals surface area contributed by atoms with Gasteiger partial charge < -0.3 is 20.1 Å². The van der Waals surface area contributed by atoms with E-state index in [-0.39, 0.29) is 25.0 Å². The van der Waals surface area contributed by atoms with E-state index in [1.54, 1.807) is 18.2 Å². The maximum atomic E-state index is 12.5. The second-order valence-corrected chi connectivity index (χ2v) is 6.01. The van der Waals surface area contributed by atoms with Crippen molar-refractivity contribution < 1.29 is 24.2 Å². The molecule has 0 saturated carbocycles. The molecule has 7 nitrogen and oxygen atoms in total. The summed E-state index contributed by atoms with van der Waals surface area (Å²) < 4.78 is 5.11. The second kappa shape index (κ2) is 5.98. The molecule has 0 aromatic heterocycles. The fourth-order valence-corrected chi connectivity index (χ4v) is 3.17. The Labute approximate surface area is 130 Å². The molecule has 0 spiro atoms. The van der Waals surface area contributed by atoms with Crippen molar-refractivity contribution >= 4 is 35.2 Å². The van der Waals surface area contributed by atoms with Crippen LogP contribution in [0.1, 0.15) is 10.4 Å². The first-order valence-corrected chi connectivity index (χ1v) is 7.73. The number of carboxylic acids is 1. The van der Waals surface area contributed by atoms with Gasteiger partial charge in [-0.05, 0) is 18.2 Å². The number of fused-ring (bicyclic) bond motifs is 1. The molecule has 2 heterocycles. The number of thioether (sulfide) groups is 1. The highest BCUT2D eigenvalue weighted by Gasteiger charge is 2.30. The van der Waals surface area contributed by atoms with Gasteiger partial charge in [-0.25, -0.2) is 4.79 Å². The summed E-state index contributed by atoms with van der Waals surface area (Å²) in [5.74, 6) is -1.07. The lowest BCUT2D eigenvalue weighted by Gasteiger charge is -2.31. The summed E-state index contributed by atoms with van der Waals surface area (Å²) in [6.07, 6.45) is -0.995. The molecule has 2 amide bonds. The summed E-state index contributed by atoms with van der Waals surface area (Å²) in [5.41, 5.74) is 1.04. The third-order valence-electron chi connectivity index (χ3n) is 3.49. The predicted octanol–water partition coefficient (Wildman–Crippen LogP) is 0.656. The van der Waals surface area contributed by atoms with Gasteiger partial charge >= 0.3 is 5.97 Å². The molecule has 8 heteroatoms. The highest BCUT2D eigenvalue weighted by Crippen LogP contribution is 2.32. The lowest BCUT2D eigenvalue weighted by molar-refractivity contribution is -0.154. The average molecular weight is 322 g/mol. The second-order valence-electron chi connectivity index (χ2n) is 5.00. The van der Waals surface area contributed by atoms with Crippen molar-refractivity contribution in [1.29, 1.82) is 0 Å². The zero-order valence-corrected chi connectivity index (χ0v) is 12.4. The van der Waals surface area contributed by atoms with E-state index in [1.165, 1.54) is 16.7 Å². The standard InChI is InChI=1S/C14H14N2O5S/c17-12-7-22-11-2-1-8(5-9(11)15-12)13(18)16-3-4-21-10(6-16)14(19)20/h1-2,5,10H,3-4,6-7H2,(H,15,17)(H,19,20). The Morgan fingerprint density at radius 2 is 2.23 bits per heavy atom. The van der Waals surface area contributed by atoms with Crippen LogP contribution in [0.25, 0.3) is 0 Å². The van der Waals surface area contributed by atoms with Gasteiger partial charge in [-0.1, -0.05) is 0 Å². The summed E-state index contributed by atoms with van der Waals surface area (Å²) in [6, 6.07) is 5.12. The first kappa shape index (κ1) is 14.9. The maximum absolute atomic E-state index is 12.5. The van der Waals surface area contributed by atoms with Crippen LogP contribution in [0.2, 0.25) is 0 Å². The minimum atomic E-state index is -1.08. The molecule has 0 radical (unpaired) electrons. The third-order valence-corrected chi connectivity index (χ3v) is 4.56. The molecule has 1 saturated heterocycles. The van der Waals surface area contributed by atoms with E-state index >= 15 is 0 Å². The average Bonchev–Trinajstić information content (AvgIpc) is 2.53. The van der Waals surface area contributed by atoms with Gasteiger partial charge in [0.15, 0.2) is 6.10 Å². The number of carbonyl (C=O) groups is 3. The number of amides is 2. The summed E-state index contributed by atoms with van der Waals surface area (Å²) in [6.45, 7) is 0.563. The van der Waals surface area contributed by atoms with Crippen molar-refractivity contribution in [2.45, 2.75) is 11.0 Å². The highest BCUT2D eigenvalue weighted by molar-refractivity contribution is 8.00. The Bertz CT molecular complexity index is 648. The fourth-order valence-electron chi connectivity index (χ4n) is 2.38. The van der Waals surface area contributed by atoms with Gasteiger partial charge in [0.25, 0.3) is 5.91 Å². The van der Waals surface area contributed by atoms with E-state index in [2.05, 4.69) is 5.32 Å². The Morgan fingerprint density at radius 1 is 1.41 bits per heavy atom. The fraction of sp³-hybridized carbons (Fsp3) is 0.357. The van der Waals surface area contributed by atoms with Gasteiger partial charge in [-0.3, -0.25) is 9.59 Å². The van der Waals surface area contributed by atoms with Gasteiger partial charge in [-0.15, -0.1) is 11.8 Å². The molecule has 116 valence electrons. The van der Waals surface area contributed by atoms with Crippen LogP contribution < -0.4 is 5.32 Å². The van der Waals surface area contributed by atoms with Crippen LogP contribution in [0, 0.1) is 0 Å². The number of ether oxygens (including phenoxy) is 1. The normalized spacial score (nSPS) is 21.0. The molecule has 2 aliphatic rings. The van der Waals surface area contributed by atoms with Gasteiger partial charge in [0.05, 0.1) is 24.6 Å². The number of carbonyl (C=O) groups excluding carboxylic acids is 2. The van der Waals surface area contributed by atoms with Crippen LogP contribution in [-0.2, 0) is 14.3 Å². The SMILES string of the molecule is O=C1CSc2ccc(C(=O)N3CCOC(C(=O)O)C3)cc2N1. The summed E-state index contributed by atoms with van der Waals surface area (Å²) in [4.78, 5) is 37.3. The van der Waals surface area contributed by atoms with E-state index in [0.717, 1.165) is 4.90 Å². The molecule has 2 N–H and O–H groups in total. The molecular weight excluding hydrogens is 308 g/mol. The number of hydrogen-bond acceptors (Lipinski definition) is 5. The molecule has 1 aromatic rings. The summed E-state index contributed by atoms with van der Waals surface area (Å²) in [5, 5.41) is 11.7. The van der Waals surface area contributed by atoms with E-state index in [0.29, 0.717) is 23.5 Å². The van der Waals surface area contributed by atoms with E-state index in [9.17, 15) is 14.4 Å². The van der Waals surface area contributed by atoms with Gasteiger partial charge in [-0.2, -0.15) is 0 Å². The van der Waals surface area contributed by atoms with Crippen molar-refractivity contribution in [1.82, 2.24) is 4.90 Å². The highest BCUT2D eigenvalue weighted by atomic mass is 32.2. The van der Waals surface area contributed by atoms with Crippen molar-refractivity contribution in [2.75, 3.05) is 30.8 Å². The first-order chi connectivity index (χ1) is 10.5. The lowest BCUT2D eigenvalue weighted by atomic mass is 10.1. The lowest BCUT2D eigenvalue weighted by Crippen LogP contribution is -2.48. The quantitative estimate of drug-likeness (QED) is 0.830. The Morgan fingerprint density at radius 3 is 3.00 bits per heavy atom. The molecule has 1 fully saturated rings. The van der Waals surface area contributed by atoms with E-state index in [4.69, 9.17) is 9.84 Å². The van der Waals surface area contributed by atoms with Crippen LogP contribution in [0.4, 0.5) is 5.69 Å².